The van der Waals surface area contributed by atoms with Crippen LogP contribution in [0.2, 0.25) is 0 Å². The van der Waals surface area contributed by atoms with E-state index in [9.17, 15) is 29.9 Å². The third-order valence-electron chi connectivity index (χ3n) is 13.2. The molecule has 13 nitrogen and oxygen atoms in total. The van der Waals surface area contributed by atoms with Crippen molar-refractivity contribution in [3.05, 3.63) is 112 Å². The number of rotatable bonds is 9. The SMILES string of the molecule is Cc1cnc(C(=O)Nc2ccc(C3(O)CCC(C(=O)O)CC3)cc2C2=CCC(C)(C)CC2)[nH]1.[C-]#[N+]c1cnc(C(=O)Nc2ccc(C3(C#N)CC3)cc2C2=CCC(C)(C)CC2)[nH]1. The van der Waals surface area contributed by atoms with Crippen LogP contribution in [0.4, 0.5) is 17.2 Å². The van der Waals surface area contributed by atoms with Crippen molar-refractivity contribution >= 4 is 46.1 Å². The lowest BCUT2D eigenvalue weighted by molar-refractivity contribution is -0.145. The van der Waals surface area contributed by atoms with Crippen molar-refractivity contribution in [3.63, 3.8) is 0 Å². The number of carbonyl (C=O) groups is 3. The molecular formula is C49H56N8O5. The molecule has 2 amide bonds. The number of imidazole rings is 2. The summed E-state index contributed by atoms with van der Waals surface area (Å²) in [6.45, 7) is 17.9. The molecule has 0 aliphatic heterocycles. The van der Waals surface area contributed by atoms with Crippen LogP contribution in [-0.4, -0.2) is 47.9 Å². The Hall–Kier alpha value is -6.31. The fourth-order valence-electron chi connectivity index (χ4n) is 8.66. The molecule has 2 heterocycles. The van der Waals surface area contributed by atoms with Gasteiger partial charge >= 0.3 is 11.9 Å². The number of carboxylic acid groups (broad SMARTS) is 1. The zero-order chi connectivity index (χ0) is 44.5. The number of aryl methyl sites for hydroxylation is 1. The van der Waals surface area contributed by atoms with E-state index in [1.165, 1.54) is 11.8 Å². The minimum Gasteiger partial charge on any atom is -0.481 e. The van der Waals surface area contributed by atoms with E-state index in [0.717, 1.165) is 84.9 Å². The number of anilines is 2. The number of nitrogens with zero attached hydrogens (tertiary/aromatic N) is 4. The molecule has 2 saturated carbocycles. The second-order valence-electron chi connectivity index (χ2n) is 19.1. The largest absolute Gasteiger partial charge is 0.481 e. The number of aromatic amines is 2. The Balaban J connectivity index is 0.000000188. The normalized spacial score (nSPS) is 22.0. The number of nitrogens with one attached hydrogen (secondary N) is 4. The van der Waals surface area contributed by atoms with Crippen LogP contribution in [-0.2, 0) is 15.8 Å². The van der Waals surface area contributed by atoms with E-state index >= 15 is 0 Å². The molecule has 0 radical (unpaired) electrons. The van der Waals surface area contributed by atoms with E-state index < -0.39 is 17.5 Å². The van der Waals surface area contributed by atoms with Crippen LogP contribution in [0.5, 0.6) is 0 Å². The maximum Gasteiger partial charge on any atom is 0.314 e. The van der Waals surface area contributed by atoms with Gasteiger partial charge in [0, 0.05) is 34.4 Å². The number of aromatic nitrogens is 4. The van der Waals surface area contributed by atoms with Gasteiger partial charge in [0.1, 0.15) is 0 Å². The quantitative estimate of drug-likeness (QED) is 0.0894. The van der Waals surface area contributed by atoms with Crippen molar-refractivity contribution in [1.82, 2.24) is 19.9 Å². The minimum atomic E-state index is -1.06. The van der Waals surface area contributed by atoms with Crippen LogP contribution in [0, 0.1) is 41.6 Å². The Morgan fingerprint density at radius 1 is 0.790 bits per heavy atom. The average molecular weight is 837 g/mol. The van der Waals surface area contributed by atoms with Crippen molar-refractivity contribution in [2.45, 2.75) is 123 Å². The van der Waals surface area contributed by atoms with Gasteiger partial charge in [-0.15, -0.1) is 0 Å². The molecule has 0 saturated heterocycles. The van der Waals surface area contributed by atoms with Gasteiger partial charge in [0.25, 0.3) is 11.7 Å². The number of aliphatic carboxylic acids is 1. The maximum atomic E-state index is 12.8. The molecule has 6 N–H and O–H groups in total. The first-order valence-corrected chi connectivity index (χ1v) is 21.5. The van der Waals surface area contributed by atoms with Crippen LogP contribution < -0.4 is 10.6 Å². The summed E-state index contributed by atoms with van der Waals surface area (Å²) in [6, 6.07) is 14.0. The van der Waals surface area contributed by atoms with Gasteiger partial charge in [-0.25, -0.2) is 9.97 Å². The molecule has 0 atom stereocenters. The van der Waals surface area contributed by atoms with Crippen molar-refractivity contribution in [3.8, 4) is 6.07 Å². The van der Waals surface area contributed by atoms with Crippen LogP contribution in [0.15, 0.2) is 60.9 Å². The van der Waals surface area contributed by atoms with Crippen LogP contribution in [0.3, 0.4) is 0 Å². The zero-order valence-corrected chi connectivity index (χ0v) is 36.2. The maximum absolute atomic E-state index is 12.8. The van der Waals surface area contributed by atoms with Gasteiger partial charge in [-0.2, -0.15) is 5.26 Å². The lowest BCUT2D eigenvalue weighted by atomic mass is 9.73. The second-order valence-corrected chi connectivity index (χ2v) is 19.1. The highest BCUT2D eigenvalue weighted by atomic mass is 16.4. The molecule has 0 spiro atoms. The first-order valence-electron chi connectivity index (χ1n) is 21.5. The number of carbonyl (C=O) groups excluding carboxylic acids is 2. The molecule has 2 fully saturated rings. The second kappa shape index (κ2) is 17.2. The molecule has 4 aliphatic rings. The van der Waals surface area contributed by atoms with E-state index in [0.29, 0.717) is 37.1 Å². The highest BCUT2D eigenvalue weighted by molar-refractivity contribution is 6.04. The molecule has 8 rings (SSSR count). The first-order chi connectivity index (χ1) is 29.4. The number of allylic oxidation sites excluding steroid dienone is 4. The minimum absolute atomic E-state index is 0.112. The number of benzene rings is 2. The van der Waals surface area contributed by atoms with E-state index in [1.807, 2.05) is 37.3 Å². The van der Waals surface area contributed by atoms with Gasteiger partial charge in [-0.1, -0.05) is 58.6 Å². The number of amides is 2. The Labute approximate surface area is 363 Å². The Morgan fingerprint density at radius 2 is 1.31 bits per heavy atom. The van der Waals surface area contributed by atoms with Crippen LogP contribution in [0.1, 0.15) is 154 Å². The summed E-state index contributed by atoms with van der Waals surface area (Å²) in [5, 5.41) is 36.2. The smallest absolute Gasteiger partial charge is 0.314 e. The predicted octanol–water partition coefficient (Wildman–Crippen LogP) is 10.4. The molecule has 62 heavy (non-hydrogen) atoms. The lowest BCUT2D eigenvalue weighted by Gasteiger charge is -2.36. The summed E-state index contributed by atoms with van der Waals surface area (Å²) in [5.41, 5.74) is 7.33. The molecule has 322 valence electrons. The summed E-state index contributed by atoms with van der Waals surface area (Å²) in [5.74, 6) is -1.29. The molecule has 2 aromatic heterocycles. The van der Waals surface area contributed by atoms with Crippen molar-refractivity contribution in [2.24, 2.45) is 16.7 Å². The van der Waals surface area contributed by atoms with Crippen LogP contribution >= 0.6 is 0 Å². The van der Waals surface area contributed by atoms with E-state index in [1.54, 1.807) is 6.20 Å². The fraction of sp³-hybridized carbons (Fsp3) is 0.449. The number of H-pyrrole nitrogens is 2. The molecule has 4 aromatic rings. The van der Waals surface area contributed by atoms with Gasteiger partial charge < -0.3 is 30.7 Å². The van der Waals surface area contributed by atoms with Crippen LogP contribution in [0.25, 0.3) is 16.0 Å². The first kappa shape index (κ1) is 43.8. The van der Waals surface area contributed by atoms with Gasteiger partial charge in [-0.05, 0) is 141 Å². The highest BCUT2D eigenvalue weighted by Crippen LogP contribution is 2.50. The summed E-state index contributed by atoms with van der Waals surface area (Å²) >= 11 is 0. The Morgan fingerprint density at radius 3 is 1.74 bits per heavy atom. The topological polar surface area (TPSA) is 201 Å². The summed E-state index contributed by atoms with van der Waals surface area (Å²) in [4.78, 5) is 53.8. The number of aliphatic hydroxyl groups is 1. The Bertz CT molecular complexity index is 2530. The Kier molecular flexibility index (Phi) is 12.2. The highest BCUT2D eigenvalue weighted by Gasteiger charge is 2.45. The van der Waals surface area contributed by atoms with Crippen molar-refractivity contribution in [2.75, 3.05) is 10.6 Å². The average Bonchev–Trinajstić information content (AvgIpc) is 3.66. The standard InChI is InChI=1S/C26H33N3O4.C23H23N5O/c1-16-15-27-22(28-16)23(30)29-21-5-4-19(26(33)12-8-18(9-13-26)24(31)32)14-20(21)17-6-10-25(2,3)11-7-17;1-22(2)8-6-15(7-9-22)17-12-16(23(14-24)10-11-23)4-5-18(17)27-21(29)20-26-13-19(25-3)28-20/h4-6,14-15,18,33H,7-13H2,1-3H3,(H,27,28)(H,29,30)(H,31,32);4-6,12-13H,7-11H2,1-2H3,(H,26,28)(H,27,29). The number of nitriles is 1. The molecular weight excluding hydrogens is 781 g/mol. The molecule has 0 bridgehead atoms. The molecule has 4 aliphatic carbocycles. The van der Waals surface area contributed by atoms with E-state index in [2.05, 4.69) is 87.4 Å². The summed E-state index contributed by atoms with van der Waals surface area (Å²) in [7, 11) is 0. The van der Waals surface area contributed by atoms with Gasteiger partial charge in [0.05, 0.1) is 29.2 Å². The summed E-state index contributed by atoms with van der Waals surface area (Å²) < 4.78 is 0. The zero-order valence-electron chi connectivity index (χ0n) is 36.2. The van der Waals surface area contributed by atoms with E-state index in [4.69, 9.17) is 6.57 Å². The lowest BCUT2D eigenvalue weighted by Crippen LogP contribution is -2.34. The molecule has 13 heteroatoms. The van der Waals surface area contributed by atoms with Gasteiger partial charge in [0.2, 0.25) is 5.82 Å². The fourth-order valence-corrected chi connectivity index (χ4v) is 8.66. The van der Waals surface area contributed by atoms with Gasteiger partial charge in [0.15, 0.2) is 5.82 Å². The van der Waals surface area contributed by atoms with E-state index in [-0.39, 0.29) is 45.5 Å². The van der Waals surface area contributed by atoms with Crippen molar-refractivity contribution < 1.29 is 24.6 Å². The van der Waals surface area contributed by atoms with Gasteiger partial charge in [-0.3, -0.25) is 19.4 Å². The third-order valence-corrected chi connectivity index (χ3v) is 13.2. The number of hydrogen-bond acceptors (Lipinski definition) is 7. The number of carboxylic acids is 1. The van der Waals surface area contributed by atoms with Crippen molar-refractivity contribution in [1.29, 1.82) is 5.26 Å². The summed E-state index contributed by atoms with van der Waals surface area (Å²) in [6.07, 6.45) is 16.8. The molecule has 2 aromatic carbocycles. The third kappa shape index (κ3) is 9.74. The predicted molar refractivity (Wildman–Crippen MR) is 238 cm³/mol. The molecule has 0 unspecified atom stereocenters. The number of hydrogen-bond donors (Lipinski definition) is 6. The monoisotopic (exact) mass is 836 g/mol.